The molecular formula is C27H30FN3O4S. The number of amides is 1. The van der Waals surface area contributed by atoms with Gasteiger partial charge in [0.1, 0.15) is 11.6 Å². The van der Waals surface area contributed by atoms with Crippen molar-refractivity contribution in [3.05, 3.63) is 95.8 Å². The van der Waals surface area contributed by atoms with Crippen molar-refractivity contribution >= 4 is 21.6 Å². The maximum atomic E-state index is 14.7. The minimum atomic E-state index is -4.31. The number of hydrogen-bond donors (Lipinski definition) is 2. The summed E-state index contributed by atoms with van der Waals surface area (Å²) < 4.78 is 49.5. The molecule has 0 radical (unpaired) electrons. The first-order valence-electron chi connectivity index (χ1n) is 11.7. The highest BCUT2D eigenvalue weighted by Crippen LogP contribution is 2.41. The van der Waals surface area contributed by atoms with Crippen LogP contribution < -0.4 is 19.7 Å². The lowest BCUT2D eigenvalue weighted by molar-refractivity contribution is 0.0922. The Bertz CT molecular complexity index is 1310. The second-order valence-corrected chi connectivity index (χ2v) is 10.8. The lowest BCUT2D eigenvalue weighted by Crippen LogP contribution is -2.61. The maximum absolute atomic E-state index is 14.7. The molecule has 1 aliphatic rings. The standard InChI is InChI=1S/C27H30FN3O4S/c1-31(23-14-8-7-13-22(23)28)36(33,34)26(30-25(32)21-12-6-9-15-24(21)35-2)27(16-18-29-19-17-27)20-10-4-3-5-11-20/h3-15,26,29H,16-19H2,1-2H3,(H,30,32). The summed E-state index contributed by atoms with van der Waals surface area (Å²) in [5.74, 6) is -0.929. The van der Waals surface area contributed by atoms with Crippen LogP contribution in [-0.4, -0.2) is 46.9 Å². The number of anilines is 1. The van der Waals surface area contributed by atoms with E-state index in [1.54, 1.807) is 30.3 Å². The molecule has 1 amide bonds. The highest BCUT2D eigenvalue weighted by atomic mass is 32.2. The third kappa shape index (κ3) is 4.81. The van der Waals surface area contributed by atoms with E-state index in [9.17, 15) is 17.6 Å². The van der Waals surface area contributed by atoms with Gasteiger partial charge in [-0.1, -0.05) is 54.6 Å². The fourth-order valence-corrected chi connectivity index (χ4v) is 6.81. The molecule has 1 unspecified atom stereocenters. The molecular weight excluding hydrogens is 481 g/mol. The van der Waals surface area contributed by atoms with Gasteiger partial charge in [-0.2, -0.15) is 0 Å². The number of rotatable bonds is 8. The van der Waals surface area contributed by atoms with Crippen molar-refractivity contribution in [2.24, 2.45) is 0 Å². The Kier molecular flexibility index (Phi) is 7.61. The number of para-hydroxylation sites is 2. The predicted octanol–water partition coefficient (Wildman–Crippen LogP) is 3.68. The molecule has 1 saturated heterocycles. The summed E-state index contributed by atoms with van der Waals surface area (Å²) >= 11 is 0. The van der Waals surface area contributed by atoms with Gasteiger partial charge < -0.3 is 15.4 Å². The third-order valence-electron chi connectivity index (χ3n) is 6.83. The lowest BCUT2D eigenvalue weighted by Gasteiger charge is -2.45. The molecule has 1 fully saturated rings. The number of benzene rings is 3. The quantitative estimate of drug-likeness (QED) is 0.482. The highest BCUT2D eigenvalue weighted by molar-refractivity contribution is 7.93. The van der Waals surface area contributed by atoms with E-state index in [-0.39, 0.29) is 11.3 Å². The fraction of sp³-hybridized carbons (Fsp3) is 0.296. The van der Waals surface area contributed by atoms with Crippen LogP contribution in [0.15, 0.2) is 78.9 Å². The van der Waals surface area contributed by atoms with Gasteiger partial charge in [-0.05, 0) is 55.8 Å². The molecule has 3 aromatic carbocycles. The van der Waals surface area contributed by atoms with E-state index < -0.39 is 32.5 Å². The van der Waals surface area contributed by atoms with E-state index in [1.807, 2.05) is 30.3 Å². The van der Waals surface area contributed by atoms with Gasteiger partial charge in [0.05, 0.1) is 18.4 Å². The van der Waals surface area contributed by atoms with Gasteiger partial charge >= 0.3 is 0 Å². The van der Waals surface area contributed by atoms with E-state index in [2.05, 4.69) is 10.6 Å². The van der Waals surface area contributed by atoms with Gasteiger partial charge in [0.2, 0.25) is 0 Å². The number of hydrogen-bond acceptors (Lipinski definition) is 5. The van der Waals surface area contributed by atoms with E-state index in [0.29, 0.717) is 31.7 Å². The number of piperidine rings is 1. The van der Waals surface area contributed by atoms with Gasteiger partial charge in [-0.15, -0.1) is 0 Å². The zero-order valence-electron chi connectivity index (χ0n) is 20.3. The minimum Gasteiger partial charge on any atom is -0.496 e. The van der Waals surface area contributed by atoms with Gasteiger partial charge in [-0.3, -0.25) is 9.10 Å². The van der Waals surface area contributed by atoms with Crippen LogP contribution in [-0.2, 0) is 15.4 Å². The zero-order valence-corrected chi connectivity index (χ0v) is 21.1. The predicted molar refractivity (Wildman–Crippen MR) is 138 cm³/mol. The van der Waals surface area contributed by atoms with Crippen LogP contribution in [0.4, 0.5) is 10.1 Å². The summed E-state index contributed by atoms with van der Waals surface area (Å²) in [4.78, 5) is 13.6. The van der Waals surface area contributed by atoms with Gasteiger partial charge in [0, 0.05) is 12.5 Å². The maximum Gasteiger partial charge on any atom is 0.257 e. The summed E-state index contributed by atoms with van der Waals surface area (Å²) in [6, 6.07) is 21.7. The second-order valence-electron chi connectivity index (χ2n) is 8.79. The molecule has 7 nitrogen and oxygen atoms in total. The number of halogens is 1. The number of carbonyl (C=O) groups excluding carboxylic acids is 1. The third-order valence-corrected chi connectivity index (χ3v) is 8.96. The first kappa shape index (κ1) is 25.7. The summed E-state index contributed by atoms with van der Waals surface area (Å²) in [6.07, 6.45) is 0.913. The molecule has 1 heterocycles. The van der Waals surface area contributed by atoms with E-state index in [4.69, 9.17) is 4.74 Å². The Morgan fingerprint density at radius 2 is 1.61 bits per heavy atom. The largest absolute Gasteiger partial charge is 0.496 e. The number of carbonyl (C=O) groups is 1. The number of ether oxygens (including phenoxy) is 1. The molecule has 190 valence electrons. The number of nitrogens with zero attached hydrogens (tertiary/aromatic N) is 1. The molecule has 0 bridgehead atoms. The number of methoxy groups -OCH3 is 1. The molecule has 1 atom stereocenters. The average molecular weight is 512 g/mol. The minimum absolute atomic E-state index is 0.0915. The Balaban J connectivity index is 1.87. The van der Waals surface area contributed by atoms with Crippen LogP contribution in [0, 0.1) is 5.82 Å². The van der Waals surface area contributed by atoms with E-state index in [0.717, 1.165) is 9.87 Å². The molecule has 4 rings (SSSR count). The molecule has 0 spiro atoms. The molecule has 0 aromatic heterocycles. The van der Waals surface area contributed by atoms with Crippen molar-refractivity contribution in [1.29, 1.82) is 0 Å². The van der Waals surface area contributed by atoms with Crippen molar-refractivity contribution in [3.8, 4) is 5.75 Å². The SMILES string of the molecule is COc1ccccc1C(=O)NC(C1(c2ccccc2)CCNCC1)S(=O)(=O)N(C)c1ccccc1F. The van der Waals surface area contributed by atoms with Crippen LogP contribution in [0.2, 0.25) is 0 Å². The summed E-state index contributed by atoms with van der Waals surface area (Å²) in [5.41, 5.74) is -0.0397. The van der Waals surface area contributed by atoms with Crippen molar-refractivity contribution in [2.45, 2.75) is 23.6 Å². The van der Waals surface area contributed by atoms with Gasteiger partial charge in [-0.25, -0.2) is 12.8 Å². The Morgan fingerprint density at radius 3 is 2.28 bits per heavy atom. The van der Waals surface area contributed by atoms with E-state index in [1.165, 1.54) is 32.4 Å². The second kappa shape index (κ2) is 10.7. The normalized spacial score (nSPS) is 16.1. The van der Waals surface area contributed by atoms with Crippen LogP contribution in [0.5, 0.6) is 5.75 Å². The molecule has 3 aromatic rings. The average Bonchev–Trinajstić information content (AvgIpc) is 2.92. The summed E-state index contributed by atoms with van der Waals surface area (Å²) in [7, 11) is -1.55. The lowest BCUT2D eigenvalue weighted by atomic mass is 9.72. The number of sulfonamides is 1. The molecule has 0 saturated carbocycles. The number of nitrogens with one attached hydrogen (secondary N) is 2. The monoisotopic (exact) mass is 511 g/mol. The van der Waals surface area contributed by atoms with Crippen LogP contribution in [0.25, 0.3) is 0 Å². The van der Waals surface area contributed by atoms with E-state index >= 15 is 0 Å². The zero-order chi connectivity index (χ0) is 25.8. The summed E-state index contributed by atoms with van der Waals surface area (Å²) in [5, 5.41) is 4.74. The molecule has 2 N–H and O–H groups in total. The van der Waals surface area contributed by atoms with Gasteiger partial charge in [0.15, 0.2) is 5.37 Å². The first-order valence-corrected chi connectivity index (χ1v) is 13.2. The fourth-order valence-electron chi connectivity index (χ4n) is 4.87. The molecule has 1 aliphatic heterocycles. The highest BCUT2D eigenvalue weighted by Gasteiger charge is 2.50. The Hall–Kier alpha value is -3.43. The topological polar surface area (TPSA) is 87.7 Å². The van der Waals surface area contributed by atoms with Crippen molar-refractivity contribution in [1.82, 2.24) is 10.6 Å². The van der Waals surface area contributed by atoms with Crippen molar-refractivity contribution in [3.63, 3.8) is 0 Å². The van der Waals surface area contributed by atoms with Crippen molar-refractivity contribution in [2.75, 3.05) is 31.6 Å². The molecule has 9 heteroatoms. The van der Waals surface area contributed by atoms with Gasteiger partial charge in [0.25, 0.3) is 15.9 Å². The Morgan fingerprint density at radius 1 is 1.00 bits per heavy atom. The van der Waals surface area contributed by atoms with Crippen LogP contribution in [0.3, 0.4) is 0 Å². The molecule has 0 aliphatic carbocycles. The Labute approximate surface area is 211 Å². The van der Waals surface area contributed by atoms with Crippen LogP contribution >= 0.6 is 0 Å². The van der Waals surface area contributed by atoms with Crippen LogP contribution in [0.1, 0.15) is 28.8 Å². The first-order chi connectivity index (χ1) is 17.3. The smallest absolute Gasteiger partial charge is 0.257 e. The molecule has 36 heavy (non-hydrogen) atoms. The van der Waals surface area contributed by atoms with Crippen molar-refractivity contribution < 1.29 is 22.3 Å². The summed E-state index contributed by atoms with van der Waals surface area (Å²) in [6.45, 7) is 1.13.